The van der Waals surface area contributed by atoms with Crippen molar-refractivity contribution in [2.24, 2.45) is 5.92 Å². The molecule has 4 heterocycles. The molecular weight excluding hydrogens is 574 g/mol. The Balaban J connectivity index is 1.17. The quantitative estimate of drug-likeness (QED) is 0.335. The van der Waals surface area contributed by atoms with Crippen LogP contribution in [0.4, 0.5) is 14.6 Å². The van der Waals surface area contributed by atoms with E-state index in [1.807, 2.05) is 11.0 Å². The van der Waals surface area contributed by atoms with E-state index >= 15 is 0 Å². The standard InChI is InChI=1S/C35H36F2N6O2/c1-21(36)33(44)43-13-12-41(19-25(43)8-10-38)32-28-7-6-22(26-4-2-5-27-29-14-23(29)15-30(26)27)16-31(28)39-34(40-32)45-20-35-9-3-11-42(35)18-24(37)17-35/h2,4-7,16,23-25,29H,1,3,8-9,11-15,17-20H2/t23-,24+,25-,29-,35-/m0/s1. The fraction of sp³-hybridized carbons (Fsp3) is 0.486. The first-order valence-electron chi connectivity index (χ1n) is 16.1. The Morgan fingerprint density at radius 2 is 2.07 bits per heavy atom. The second-order valence-electron chi connectivity index (χ2n) is 13.5. The molecular formula is C35H36F2N6O2. The Labute approximate surface area is 261 Å². The minimum Gasteiger partial charge on any atom is -0.461 e. The van der Waals surface area contributed by atoms with Gasteiger partial charge in [0.05, 0.1) is 29.6 Å². The van der Waals surface area contributed by atoms with E-state index in [0.717, 1.165) is 48.2 Å². The van der Waals surface area contributed by atoms with Crippen LogP contribution in [0.2, 0.25) is 0 Å². The van der Waals surface area contributed by atoms with Gasteiger partial charge in [0.2, 0.25) is 0 Å². The zero-order chi connectivity index (χ0) is 30.9. The largest absolute Gasteiger partial charge is 0.461 e. The Kier molecular flexibility index (Phi) is 6.79. The normalized spacial score (nSPS) is 28.5. The number of ether oxygens (including phenoxy) is 1. The van der Waals surface area contributed by atoms with E-state index in [1.54, 1.807) is 0 Å². The number of hydrogen-bond donors (Lipinski definition) is 0. The van der Waals surface area contributed by atoms with Crippen LogP contribution in [-0.2, 0) is 11.2 Å². The van der Waals surface area contributed by atoms with E-state index in [1.165, 1.54) is 28.0 Å². The van der Waals surface area contributed by atoms with Gasteiger partial charge < -0.3 is 14.5 Å². The number of benzene rings is 2. The van der Waals surface area contributed by atoms with Gasteiger partial charge in [-0.25, -0.2) is 8.78 Å². The summed E-state index contributed by atoms with van der Waals surface area (Å²) in [5.74, 6) is 0.295. The predicted molar refractivity (Wildman–Crippen MR) is 166 cm³/mol. The van der Waals surface area contributed by atoms with Crippen LogP contribution in [0.1, 0.15) is 49.1 Å². The van der Waals surface area contributed by atoms with Gasteiger partial charge in [-0.1, -0.05) is 30.8 Å². The number of halogens is 2. The molecule has 232 valence electrons. The topological polar surface area (TPSA) is 85.6 Å². The summed E-state index contributed by atoms with van der Waals surface area (Å²) in [6.07, 6.45) is 3.94. The SMILES string of the molecule is C=C(F)C(=O)N1CCN(c2nc(OC[C@@]34CCCN3C[C@H](F)C4)nc3cc(-c4cccc5c4C[C@@H]4C[C@H]54)ccc23)C[C@@H]1CC#N. The van der Waals surface area contributed by atoms with E-state index in [0.29, 0.717) is 44.4 Å². The number of aromatic nitrogens is 2. The van der Waals surface area contributed by atoms with Crippen molar-refractivity contribution in [3.8, 4) is 23.2 Å². The van der Waals surface area contributed by atoms with Gasteiger partial charge in [-0.2, -0.15) is 15.2 Å². The molecule has 2 aliphatic carbocycles. The number of piperazine rings is 1. The Hall–Kier alpha value is -4.10. The number of nitrogens with zero attached hydrogens (tertiary/aromatic N) is 6. The van der Waals surface area contributed by atoms with Crippen molar-refractivity contribution >= 4 is 22.6 Å². The molecule has 0 spiro atoms. The van der Waals surface area contributed by atoms with E-state index in [2.05, 4.69) is 47.9 Å². The molecule has 1 amide bonds. The van der Waals surface area contributed by atoms with Crippen molar-refractivity contribution in [2.45, 2.75) is 62.2 Å². The van der Waals surface area contributed by atoms with Crippen LogP contribution in [0.25, 0.3) is 22.0 Å². The zero-order valence-corrected chi connectivity index (χ0v) is 25.2. The number of anilines is 1. The lowest BCUT2D eigenvalue weighted by atomic mass is 9.94. The Morgan fingerprint density at radius 3 is 2.91 bits per heavy atom. The van der Waals surface area contributed by atoms with Gasteiger partial charge in [-0.3, -0.25) is 9.69 Å². The monoisotopic (exact) mass is 610 g/mol. The van der Waals surface area contributed by atoms with E-state index in [9.17, 15) is 18.8 Å². The molecule has 4 fully saturated rings. The average Bonchev–Trinajstić information content (AvgIpc) is 3.38. The first-order chi connectivity index (χ1) is 21.8. The highest BCUT2D eigenvalue weighted by atomic mass is 19.1. The van der Waals surface area contributed by atoms with Gasteiger partial charge in [0.25, 0.3) is 5.91 Å². The van der Waals surface area contributed by atoms with Crippen LogP contribution in [-0.4, -0.2) is 82.8 Å². The summed E-state index contributed by atoms with van der Waals surface area (Å²) in [5, 5.41) is 10.4. The lowest BCUT2D eigenvalue weighted by Gasteiger charge is -2.41. The van der Waals surface area contributed by atoms with Crippen molar-refractivity contribution in [1.82, 2.24) is 19.8 Å². The van der Waals surface area contributed by atoms with E-state index < -0.39 is 23.9 Å². The summed E-state index contributed by atoms with van der Waals surface area (Å²) in [6, 6.07) is 14.7. The summed E-state index contributed by atoms with van der Waals surface area (Å²) in [7, 11) is 0. The summed E-state index contributed by atoms with van der Waals surface area (Å²) >= 11 is 0. The van der Waals surface area contributed by atoms with Gasteiger partial charge in [-0.15, -0.1) is 0 Å². The highest BCUT2D eigenvalue weighted by molar-refractivity contribution is 5.94. The lowest BCUT2D eigenvalue weighted by Crippen LogP contribution is -2.55. The van der Waals surface area contributed by atoms with Crippen LogP contribution in [0.5, 0.6) is 6.01 Å². The molecule has 2 aromatic carbocycles. The van der Waals surface area contributed by atoms with Crippen LogP contribution in [0.15, 0.2) is 48.8 Å². The fourth-order valence-electron chi connectivity index (χ4n) is 8.53. The number of fused-ring (bicyclic) bond motifs is 5. The third-order valence-electron chi connectivity index (χ3n) is 10.8. The van der Waals surface area contributed by atoms with Crippen LogP contribution < -0.4 is 9.64 Å². The molecule has 10 heteroatoms. The predicted octanol–water partition coefficient (Wildman–Crippen LogP) is 5.33. The molecule has 0 radical (unpaired) electrons. The summed E-state index contributed by atoms with van der Waals surface area (Å²) in [6.45, 7) is 5.72. The summed E-state index contributed by atoms with van der Waals surface area (Å²) in [5.41, 5.74) is 5.62. The number of carbonyl (C=O) groups is 1. The van der Waals surface area contributed by atoms with E-state index in [-0.39, 0.29) is 24.5 Å². The Bertz CT molecular complexity index is 1760. The number of nitriles is 1. The van der Waals surface area contributed by atoms with Gasteiger partial charge in [0.1, 0.15) is 18.6 Å². The molecule has 1 saturated carbocycles. The molecule has 5 atom stereocenters. The van der Waals surface area contributed by atoms with Crippen molar-refractivity contribution in [3.05, 3.63) is 59.9 Å². The number of rotatable bonds is 7. The molecule has 8 nitrogen and oxygen atoms in total. The maximum atomic E-state index is 14.5. The first kappa shape index (κ1) is 28.4. The molecule has 0 bridgehead atoms. The first-order valence-corrected chi connectivity index (χ1v) is 16.1. The van der Waals surface area contributed by atoms with Gasteiger partial charge in [-0.05, 0) is 78.5 Å². The maximum Gasteiger partial charge on any atom is 0.319 e. The van der Waals surface area contributed by atoms with Gasteiger partial charge in [0, 0.05) is 38.0 Å². The smallest absolute Gasteiger partial charge is 0.319 e. The lowest BCUT2D eigenvalue weighted by molar-refractivity contribution is -0.131. The zero-order valence-electron chi connectivity index (χ0n) is 25.2. The molecule has 1 aromatic heterocycles. The van der Waals surface area contributed by atoms with Crippen LogP contribution in [0.3, 0.4) is 0 Å². The van der Waals surface area contributed by atoms with Crippen molar-refractivity contribution in [3.63, 3.8) is 0 Å². The minimum absolute atomic E-state index is 0.0515. The number of hydrogen-bond acceptors (Lipinski definition) is 7. The maximum absolute atomic E-state index is 14.5. The highest BCUT2D eigenvalue weighted by Crippen LogP contribution is 2.57. The van der Waals surface area contributed by atoms with Crippen LogP contribution in [0, 0.1) is 17.2 Å². The van der Waals surface area contributed by atoms with E-state index in [4.69, 9.17) is 14.7 Å². The molecule has 0 unspecified atom stereocenters. The molecule has 8 rings (SSSR count). The molecule has 5 aliphatic rings. The second kappa shape index (κ2) is 10.8. The highest BCUT2D eigenvalue weighted by Gasteiger charge is 2.49. The van der Waals surface area contributed by atoms with Crippen molar-refractivity contribution in [2.75, 3.05) is 44.2 Å². The molecule has 3 saturated heterocycles. The summed E-state index contributed by atoms with van der Waals surface area (Å²) < 4.78 is 34.7. The van der Waals surface area contributed by atoms with Crippen molar-refractivity contribution < 1.29 is 18.3 Å². The summed E-state index contributed by atoms with van der Waals surface area (Å²) in [4.78, 5) is 28.0. The minimum atomic E-state index is -1.03. The van der Waals surface area contributed by atoms with Gasteiger partial charge >= 0.3 is 6.01 Å². The Morgan fingerprint density at radius 1 is 1.18 bits per heavy atom. The van der Waals surface area contributed by atoms with Crippen molar-refractivity contribution in [1.29, 1.82) is 5.26 Å². The number of carbonyl (C=O) groups excluding carboxylic acids is 1. The average molecular weight is 611 g/mol. The molecule has 45 heavy (non-hydrogen) atoms. The number of amides is 1. The second-order valence-corrected chi connectivity index (χ2v) is 13.5. The van der Waals surface area contributed by atoms with Gasteiger partial charge in [0.15, 0.2) is 5.83 Å². The fourth-order valence-corrected chi connectivity index (χ4v) is 8.53. The molecule has 0 N–H and O–H groups in total. The van der Waals surface area contributed by atoms with Crippen LogP contribution >= 0.6 is 0 Å². The molecule has 3 aromatic rings. The third-order valence-corrected chi connectivity index (χ3v) is 10.8. The molecule has 3 aliphatic heterocycles. The number of alkyl halides is 1. The third kappa shape index (κ3) is 4.83.